The summed E-state index contributed by atoms with van der Waals surface area (Å²) < 4.78 is 0. The first-order chi connectivity index (χ1) is 7.16. The van der Waals surface area contributed by atoms with Crippen LogP contribution in [0.25, 0.3) is 0 Å². The summed E-state index contributed by atoms with van der Waals surface area (Å²) in [5.74, 6) is 0.0323. The maximum absolute atomic E-state index is 11.2. The van der Waals surface area contributed by atoms with Gasteiger partial charge in [-0.05, 0) is 33.0 Å². The van der Waals surface area contributed by atoms with Crippen molar-refractivity contribution in [2.75, 3.05) is 27.2 Å². The zero-order valence-electron chi connectivity index (χ0n) is 10.3. The van der Waals surface area contributed by atoms with Crippen molar-refractivity contribution in [3.63, 3.8) is 0 Å². The van der Waals surface area contributed by atoms with E-state index in [1.54, 1.807) is 6.08 Å². The first-order valence-corrected chi connectivity index (χ1v) is 5.76. The van der Waals surface area contributed by atoms with Crippen LogP contribution >= 0.6 is 0 Å². The van der Waals surface area contributed by atoms with E-state index in [0.29, 0.717) is 0 Å². The Bertz CT molecular complexity index is 188. The second kappa shape index (κ2) is 9.71. The molecule has 0 aliphatic carbocycles. The van der Waals surface area contributed by atoms with Crippen molar-refractivity contribution < 1.29 is 4.79 Å². The smallest absolute Gasteiger partial charge is 0.243 e. The first kappa shape index (κ1) is 14.2. The minimum Gasteiger partial charge on any atom is -0.353 e. The van der Waals surface area contributed by atoms with Crippen LogP contribution in [0.15, 0.2) is 12.2 Å². The fourth-order valence-corrected chi connectivity index (χ4v) is 1.17. The third-order valence-corrected chi connectivity index (χ3v) is 2.09. The summed E-state index contributed by atoms with van der Waals surface area (Å²) in [5, 5.41) is 2.87. The van der Waals surface area contributed by atoms with Crippen molar-refractivity contribution in [1.82, 2.24) is 10.2 Å². The van der Waals surface area contributed by atoms with Crippen molar-refractivity contribution in [3.8, 4) is 0 Å². The maximum atomic E-state index is 11.2. The van der Waals surface area contributed by atoms with E-state index in [-0.39, 0.29) is 5.91 Å². The lowest BCUT2D eigenvalue weighted by Crippen LogP contribution is -2.22. The Hall–Kier alpha value is -0.830. The van der Waals surface area contributed by atoms with Crippen LogP contribution in [-0.2, 0) is 4.79 Å². The number of carbonyl (C=O) groups excluding carboxylic acids is 1. The quantitative estimate of drug-likeness (QED) is 0.491. The predicted molar refractivity (Wildman–Crippen MR) is 64.8 cm³/mol. The number of hydrogen-bond donors (Lipinski definition) is 1. The second-order valence-electron chi connectivity index (χ2n) is 3.99. The van der Waals surface area contributed by atoms with Gasteiger partial charge in [0, 0.05) is 13.1 Å². The van der Waals surface area contributed by atoms with Crippen LogP contribution in [0.5, 0.6) is 0 Å². The molecule has 0 aromatic rings. The highest BCUT2D eigenvalue weighted by molar-refractivity contribution is 5.87. The average Bonchev–Trinajstić information content (AvgIpc) is 2.19. The van der Waals surface area contributed by atoms with Crippen LogP contribution in [0.4, 0.5) is 0 Å². The molecule has 0 atom stereocenters. The van der Waals surface area contributed by atoms with Crippen LogP contribution in [-0.4, -0.2) is 38.0 Å². The highest BCUT2D eigenvalue weighted by atomic mass is 16.1. The van der Waals surface area contributed by atoms with Gasteiger partial charge in [-0.2, -0.15) is 0 Å². The van der Waals surface area contributed by atoms with Crippen LogP contribution in [0.2, 0.25) is 0 Å². The van der Waals surface area contributed by atoms with Crippen LogP contribution in [0.1, 0.15) is 32.6 Å². The normalized spacial score (nSPS) is 11.2. The van der Waals surface area contributed by atoms with Crippen LogP contribution in [0, 0.1) is 0 Å². The van der Waals surface area contributed by atoms with Gasteiger partial charge in [-0.25, -0.2) is 0 Å². The Morgan fingerprint density at radius 3 is 2.67 bits per heavy atom. The van der Waals surface area contributed by atoms with Gasteiger partial charge in [0.2, 0.25) is 5.91 Å². The van der Waals surface area contributed by atoms with Gasteiger partial charge in [0.15, 0.2) is 0 Å². The molecule has 0 saturated carbocycles. The molecule has 0 aliphatic heterocycles. The molecule has 0 heterocycles. The van der Waals surface area contributed by atoms with E-state index in [0.717, 1.165) is 25.9 Å². The van der Waals surface area contributed by atoms with Crippen molar-refractivity contribution in [3.05, 3.63) is 12.2 Å². The average molecular weight is 212 g/mol. The number of nitrogens with zero attached hydrogens (tertiary/aromatic N) is 1. The fourth-order valence-electron chi connectivity index (χ4n) is 1.17. The highest BCUT2D eigenvalue weighted by Gasteiger charge is 1.93. The summed E-state index contributed by atoms with van der Waals surface area (Å²) >= 11 is 0. The van der Waals surface area contributed by atoms with Gasteiger partial charge in [-0.3, -0.25) is 4.79 Å². The Balaban J connectivity index is 3.39. The molecule has 0 unspecified atom stereocenters. The molecule has 0 fully saturated rings. The molecular formula is C12H24N2O. The van der Waals surface area contributed by atoms with E-state index in [4.69, 9.17) is 0 Å². The predicted octanol–water partition coefficient (Wildman–Crippen LogP) is 1.80. The van der Waals surface area contributed by atoms with Crippen LogP contribution in [0.3, 0.4) is 0 Å². The summed E-state index contributed by atoms with van der Waals surface area (Å²) in [7, 11) is 4.05. The van der Waals surface area contributed by atoms with E-state index >= 15 is 0 Å². The summed E-state index contributed by atoms with van der Waals surface area (Å²) in [4.78, 5) is 13.3. The molecule has 88 valence electrons. The fraction of sp³-hybridized carbons (Fsp3) is 0.750. The summed E-state index contributed by atoms with van der Waals surface area (Å²) in [6, 6.07) is 0. The molecule has 0 aromatic heterocycles. The Kier molecular flexibility index (Phi) is 9.18. The maximum Gasteiger partial charge on any atom is 0.243 e. The van der Waals surface area contributed by atoms with Crippen LogP contribution < -0.4 is 5.32 Å². The minimum atomic E-state index is 0.0323. The van der Waals surface area contributed by atoms with Gasteiger partial charge in [0.1, 0.15) is 0 Å². The minimum absolute atomic E-state index is 0.0323. The van der Waals surface area contributed by atoms with E-state index in [9.17, 15) is 4.79 Å². The van der Waals surface area contributed by atoms with Crippen molar-refractivity contribution in [1.29, 1.82) is 0 Å². The number of unbranched alkanes of at least 4 members (excludes halogenated alkanes) is 2. The molecule has 0 spiro atoms. The van der Waals surface area contributed by atoms with Crippen molar-refractivity contribution >= 4 is 5.91 Å². The van der Waals surface area contributed by atoms with E-state index in [1.807, 2.05) is 20.2 Å². The molecule has 0 radical (unpaired) electrons. The number of hydrogen-bond acceptors (Lipinski definition) is 2. The zero-order valence-corrected chi connectivity index (χ0v) is 10.3. The second-order valence-corrected chi connectivity index (χ2v) is 3.99. The van der Waals surface area contributed by atoms with Crippen molar-refractivity contribution in [2.24, 2.45) is 0 Å². The molecular weight excluding hydrogens is 188 g/mol. The standard InChI is InChI=1S/C12H24N2O/c1-4-5-7-10-13-12(15)9-6-8-11-14(2)3/h6,9H,4-5,7-8,10-11H2,1-3H3,(H,13,15)/b9-6+. The molecule has 0 aliphatic rings. The number of rotatable bonds is 8. The summed E-state index contributed by atoms with van der Waals surface area (Å²) in [6.45, 7) is 3.94. The third kappa shape index (κ3) is 11.1. The monoisotopic (exact) mass is 212 g/mol. The highest BCUT2D eigenvalue weighted by Crippen LogP contribution is 1.91. The Morgan fingerprint density at radius 2 is 2.07 bits per heavy atom. The largest absolute Gasteiger partial charge is 0.353 e. The Morgan fingerprint density at radius 1 is 1.33 bits per heavy atom. The van der Waals surface area contributed by atoms with Gasteiger partial charge in [-0.1, -0.05) is 25.8 Å². The summed E-state index contributed by atoms with van der Waals surface area (Å²) in [6.07, 6.45) is 7.94. The third-order valence-electron chi connectivity index (χ3n) is 2.09. The number of amides is 1. The molecule has 3 nitrogen and oxygen atoms in total. The lowest BCUT2D eigenvalue weighted by molar-refractivity contribution is -0.116. The van der Waals surface area contributed by atoms with E-state index in [1.165, 1.54) is 12.8 Å². The van der Waals surface area contributed by atoms with E-state index < -0.39 is 0 Å². The van der Waals surface area contributed by atoms with Gasteiger partial charge in [0.25, 0.3) is 0 Å². The number of carbonyl (C=O) groups is 1. The van der Waals surface area contributed by atoms with Crippen molar-refractivity contribution in [2.45, 2.75) is 32.6 Å². The SMILES string of the molecule is CCCCCNC(=O)/C=C/CCN(C)C. The molecule has 0 aromatic carbocycles. The number of nitrogens with one attached hydrogen (secondary N) is 1. The lowest BCUT2D eigenvalue weighted by atomic mass is 10.2. The molecule has 0 rings (SSSR count). The topological polar surface area (TPSA) is 32.3 Å². The Labute approximate surface area is 93.5 Å². The lowest BCUT2D eigenvalue weighted by Gasteiger charge is -2.05. The molecule has 15 heavy (non-hydrogen) atoms. The molecule has 0 bridgehead atoms. The molecule has 1 amide bonds. The molecule has 1 N–H and O–H groups in total. The molecule has 3 heteroatoms. The first-order valence-electron chi connectivity index (χ1n) is 5.76. The van der Waals surface area contributed by atoms with Gasteiger partial charge in [-0.15, -0.1) is 0 Å². The zero-order chi connectivity index (χ0) is 11.5. The van der Waals surface area contributed by atoms with Gasteiger partial charge >= 0.3 is 0 Å². The van der Waals surface area contributed by atoms with Gasteiger partial charge < -0.3 is 10.2 Å². The molecule has 0 saturated heterocycles. The van der Waals surface area contributed by atoms with E-state index in [2.05, 4.69) is 17.1 Å². The van der Waals surface area contributed by atoms with Gasteiger partial charge in [0.05, 0.1) is 0 Å². The summed E-state index contributed by atoms with van der Waals surface area (Å²) in [5.41, 5.74) is 0.